The first-order valence-electron chi connectivity index (χ1n) is 12.6. The minimum Gasteiger partial charge on any atom is -0.407 e. The summed E-state index contributed by atoms with van der Waals surface area (Å²) in [6.07, 6.45) is 16.7. The predicted octanol–water partition coefficient (Wildman–Crippen LogP) is 7.40. The maximum atomic E-state index is 5.50. The van der Waals surface area contributed by atoms with E-state index in [-0.39, 0.29) is 0 Å². The number of terminal acetylenes is 1. The van der Waals surface area contributed by atoms with E-state index in [0.717, 1.165) is 17.2 Å². The van der Waals surface area contributed by atoms with Crippen molar-refractivity contribution in [3.05, 3.63) is 66.2 Å². The molecular formula is C36H28O. The summed E-state index contributed by atoms with van der Waals surface area (Å²) in [6, 6.07) is 21.4. The lowest BCUT2D eigenvalue weighted by Crippen LogP contribution is -1.87. The molecule has 1 heteroatoms. The molecule has 0 aromatic heterocycles. The first-order chi connectivity index (χ1) is 18.3. The molecule has 3 rings (SSSR count). The minimum atomic E-state index is 0.664. The van der Waals surface area contributed by atoms with Crippen molar-refractivity contribution in [1.29, 1.82) is 0 Å². The Morgan fingerprint density at radius 1 is 0.595 bits per heavy atom. The summed E-state index contributed by atoms with van der Waals surface area (Å²) >= 11 is 0. The largest absolute Gasteiger partial charge is 0.407 e. The Morgan fingerprint density at radius 2 is 1.19 bits per heavy atom. The molecule has 0 radical (unpaired) electrons. The third-order valence-electron chi connectivity index (χ3n) is 5.71. The van der Waals surface area contributed by atoms with E-state index in [1.807, 2.05) is 18.2 Å². The maximum Gasteiger partial charge on any atom is 0.140 e. The van der Waals surface area contributed by atoms with E-state index < -0.39 is 0 Å². The highest BCUT2D eigenvalue weighted by molar-refractivity contribution is 5.88. The van der Waals surface area contributed by atoms with Gasteiger partial charge in [-0.1, -0.05) is 81.5 Å². The molecule has 0 fully saturated rings. The number of fused-ring (bicyclic) bond motifs is 1. The molecule has 0 bridgehead atoms. The van der Waals surface area contributed by atoms with Gasteiger partial charge in [-0.25, -0.2) is 0 Å². The highest BCUT2D eigenvalue weighted by Gasteiger charge is 2.03. The van der Waals surface area contributed by atoms with Crippen LogP contribution in [0.5, 0.6) is 5.75 Å². The van der Waals surface area contributed by atoms with Crippen molar-refractivity contribution in [2.24, 2.45) is 0 Å². The van der Waals surface area contributed by atoms with Gasteiger partial charge >= 0.3 is 0 Å². The Kier molecular flexibility index (Phi) is 11.5. The number of hydrogen-bond acceptors (Lipinski definition) is 1. The van der Waals surface area contributed by atoms with Gasteiger partial charge in [-0.15, -0.1) is 6.42 Å². The van der Waals surface area contributed by atoms with Gasteiger partial charge in [-0.2, -0.15) is 0 Å². The second kappa shape index (κ2) is 15.9. The van der Waals surface area contributed by atoms with E-state index in [9.17, 15) is 0 Å². The molecule has 178 valence electrons. The molecule has 0 saturated carbocycles. The molecule has 0 spiro atoms. The summed E-state index contributed by atoms with van der Waals surface area (Å²) < 4.78 is 5.50. The van der Waals surface area contributed by atoms with Crippen LogP contribution in [0, 0.1) is 71.7 Å². The average Bonchev–Trinajstić information content (AvgIpc) is 2.93. The fraction of sp³-hybridized carbons (Fsp3) is 0.222. The second-order valence-electron chi connectivity index (χ2n) is 8.41. The summed E-state index contributed by atoms with van der Waals surface area (Å²) in [4.78, 5) is 0. The van der Waals surface area contributed by atoms with Gasteiger partial charge in [-0.3, -0.25) is 0 Å². The predicted molar refractivity (Wildman–Crippen MR) is 155 cm³/mol. The van der Waals surface area contributed by atoms with Gasteiger partial charge in [0.1, 0.15) is 11.9 Å². The molecule has 0 saturated heterocycles. The third-order valence-corrected chi connectivity index (χ3v) is 5.71. The molecule has 0 aliphatic heterocycles. The fourth-order valence-electron chi connectivity index (χ4n) is 3.80. The first kappa shape index (κ1) is 26.7. The van der Waals surface area contributed by atoms with Crippen LogP contribution in [0.2, 0.25) is 0 Å². The molecule has 0 amide bonds. The zero-order valence-corrected chi connectivity index (χ0v) is 21.2. The van der Waals surface area contributed by atoms with E-state index in [4.69, 9.17) is 11.2 Å². The van der Waals surface area contributed by atoms with Crippen molar-refractivity contribution in [2.75, 3.05) is 0 Å². The van der Waals surface area contributed by atoms with Crippen LogP contribution in [0.4, 0.5) is 0 Å². The van der Waals surface area contributed by atoms with E-state index in [2.05, 4.69) is 115 Å². The summed E-state index contributed by atoms with van der Waals surface area (Å²) in [5, 5.41) is 2.24. The summed E-state index contributed by atoms with van der Waals surface area (Å²) in [5.74, 6) is 25.6. The van der Waals surface area contributed by atoms with E-state index in [0.29, 0.717) is 5.75 Å². The fourth-order valence-corrected chi connectivity index (χ4v) is 3.80. The Labute approximate surface area is 222 Å². The highest BCUT2D eigenvalue weighted by Crippen LogP contribution is 2.27. The molecule has 3 aromatic rings. The van der Waals surface area contributed by atoms with Crippen LogP contribution >= 0.6 is 0 Å². The van der Waals surface area contributed by atoms with Crippen molar-refractivity contribution >= 4 is 10.8 Å². The Morgan fingerprint density at radius 3 is 1.92 bits per heavy atom. The Bertz CT molecular complexity index is 1560. The standard InChI is InChI=1S/C36H28O/c1-3-5-7-9-11-12-13-14-16-18-28-37-36-27-26-34-29-33(24-25-35(34)30-36)32-22-20-31(21-23-32)19-17-15-10-8-6-4-2/h1,20-27,29-30H,4,6,8,10,15,17,19H2,2H3. The lowest BCUT2D eigenvalue weighted by molar-refractivity contribution is 0.521. The first-order valence-corrected chi connectivity index (χ1v) is 12.6. The van der Waals surface area contributed by atoms with Crippen molar-refractivity contribution < 1.29 is 4.74 Å². The third kappa shape index (κ3) is 9.69. The Balaban J connectivity index is 1.55. The molecule has 0 heterocycles. The topological polar surface area (TPSA) is 9.23 Å². The van der Waals surface area contributed by atoms with E-state index >= 15 is 0 Å². The normalized spacial score (nSPS) is 8.86. The van der Waals surface area contributed by atoms with Gasteiger partial charge in [0.05, 0.1) is 0 Å². The van der Waals surface area contributed by atoms with E-state index in [1.54, 1.807) is 0 Å². The van der Waals surface area contributed by atoms with Crippen LogP contribution in [-0.2, 0) is 6.42 Å². The zero-order chi connectivity index (χ0) is 26.0. The number of benzene rings is 3. The molecule has 37 heavy (non-hydrogen) atoms. The average molecular weight is 477 g/mol. The molecular weight excluding hydrogens is 448 g/mol. The monoisotopic (exact) mass is 476 g/mol. The zero-order valence-electron chi connectivity index (χ0n) is 21.2. The smallest absolute Gasteiger partial charge is 0.140 e. The van der Waals surface area contributed by atoms with Crippen LogP contribution in [0.3, 0.4) is 0 Å². The van der Waals surface area contributed by atoms with Gasteiger partial charge < -0.3 is 4.74 Å². The number of rotatable bonds is 9. The van der Waals surface area contributed by atoms with Gasteiger partial charge in [-0.05, 0) is 88.1 Å². The molecule has 0 aliphatic carbocycles. The summed E-state index contributed by atoms with van der Waals surface area (Å²) in [6.45, 7) is 2.26. The van der Waals surface area contributed by atoms with Crippen molar-refractivity contribution in [1.82, 2.24) is 0 Å². The van der Waals surface area contributed by atoms with Crippen LogP contribution in [0.1, 0.15) is 51.0 Å². The molecule has 0 N–H and O–H groups in total. The lowest BCUT2D eigenvalue weighted by Gasteiger charge is -2.07. The molecule has 0 aliphatic rings. The summed E-state index contributed by atoms with van der Waals surface area (Å²) in [7, 11) is 0. The number of aryl methyl sites for hydroxylation is 1. The van der Waals surface area contributed by atoms with Gasteiger partial charge in [0.2, 0.25) is 0 Å². The molecule has 3 aromatic carbocycles. The van der Waals surface area contributed by atoms with E-state index in [1.165, 1.54) is 55.2 Å². The highest BCUT2D eigenvalue weighted by atomic mass is 16.5. The number of unbranched alkanes of at least 4 members (excludes halogenated alkanes) is 5. The van der Waals surface area contributed by atoms with Gasteiger partial charge in [0.15, 0.2) is 0 Å². The van der Waals surface area contributed by atoms with Gasteiger partial charge in [0.25, 0.3) is 0 Å². The van der Waals surface area contributed by atoms with Crippen molar-refractivity contribution in [3.8, 4) is 88.6 Å². The second-order valence-corrected chi connectivity index (χ2v) is 8.41. The SMILES string of the molecule is C#CC#CC#CC#CC#CC#COc1ccc2cc(-c3ccc(CCCCCCCC)cc3)ccc2c1. The van der Waals surface area contributed by atoms with Crippen LogP contribution in [0.25, 0.3) is 21.9 Å². The van der Waals surface area contributed by atoms with Crippen LogP contribution in [0.15, 0.2) is 60.7 Å². The molecule has 1 nitrogen and oxygen atoms in total. The molecule has 0 unspecified atom stereocenters. The van der Waals surface area contributed by atoms with Crippen molar-refractivity contribution in [3.63, 3.8) is 0 Å². The Hall–Kier alpha value is -4.92. The minimum absolute atomic E-state index is 0.664. The summed E-state index contributed by atoms with van der Waals surface area (Å²) in [5.41, 5.74) is 3.85. The lowest BCUT2D eigenvalue weighted by atomic mass is 9.98. The van der Waals surface area contributed by atoms with Gasteiger partial charge in [0, 0.05) is 29.6 Å². The maximum absolute atomic E-state index is 5.50. The van der Waals surface area contributed by atoms with Crippen LogP contribution < -0.4 is 4.74 Å². The van der Waals surface area contributed by atoms with Crippen molar-refractivity contribution in [2.45, 2.75) is 51.9 Å². The van der Waals surface area contributed by atoms with Crippen LogP contribution in [-0.4, -0.2) is 0 Å². The number of ether oxygens (including phenoxy) is 1. The number of hydrogen-bond donors (Lipinski definition) is 0. The molecule has 0 atom stereocenters. The quantitative estimate of drug-likeness (QED) is 0.231.